The summed E-state index contributed by atoms with van der Waals surface area (Å²) in [5.41, 5.74) is 3.47. The molecule has 1 aromatic rings. The molecule has 1 rings (SSSR count). The number of hydrogen-bond acceptors (Lipinski definition) is 1. The van der Waals surface area contributed by atoms with Crippen molar-refractivity contribution >= 4 is 11.9 Å². The van der Waals surface area contributed by atoms with Crippen molar-refractivity contribution in [2.75, 3.05) is 0 Å². The Hall–Kier alpha value is -0.392. The smallest absolute Gasteiger partial charge is 0.0692 e. The van der Waals surface area contributed by atoms with E-state index in [0.717, 1.165) is 12.1 Å². The molecular weight excluding hydrogens is 401 g/mol. The Morgan fingerprint density at radius 2 is 1.81 bits per heavy atom. The second-order valence-corrected chi connectivity index (χ2v) is 3.28. The fourth-order valence-corrected chi connectivity index (χ4v) is 1.28. The Balaban J connectivity index is 0. The summed E-state index contributed by atoms with van der Waals surface area (Å²) in [6.45, 7) is 6.15. The zero-order valence-electron chi connectivity index (χ0n) is 9.74. The van der Waals surface area contributed by atoms with E-state index in [2.05, 4.69) is 43.3 Å². The maximum atomic E-state index is 4.34. The number of para-hydroxylation sites is 1. The van der Waals surface area contributed by atoms with Gasteiger partial charge in [0.2, 0.25) is 0 Å². The van der Waals surface area contributed by atoms with Gasteiger partial charge in [0.25, 0.3) is 0 Å². The van der Waals surface area contributed by atoms with Crippen molar-refractivity contribution in [2.24, 2.45) is 4.99 Å². The van der Waals surface area contributed by atoms with Gasteiger partial charge in [-0.25, -0.2) is 0 Å². The molecule has 1 aromatic carbocycles. The molecule has 0 aliphatic heterocycles. The minimum atomic E-state index is 0. The Labute approximate surface area is 119 Å². The zero-order chi connectivity index (χ0) is 10.4. The van der Waals surface area contributed by atoms with Crippen LogP contribution in [0.15, 0.2) is 35.3 Å². The summed E-state index contributed by atoms with van der Waals surface area (Å²) in [5.74, 6) is 0. The molecule has 0 amide bonds. The van der Waals surface area contributed by atoms with E-state index >= 15 is 0 Å². The molecule has 0 aliphatic carbocycles. The predicted molar refractivity (Wildman–Crippen MR) is 62.4 cm³/mol. The van der Waals surface area contributed by atoms with E-state index < -0.39 is 0 Å². The van der Waals surface area contributed by atoms with Crippen molar-refractivity contribution < 1.29 is 33.5 Å². The SMILES string of the molecule is C/C=C/C[C]=Nc1c(C)cccc1C.[Cl-].[Pt]. The number of aliphatic imine (C=N–C) groups is 1. The summed E-state index contributed by atoms with van der Waals surface area (Å²) in [6.07, 6.45) is 7.85. The molecule has 3 heteroatoms. The van der Waals surface area contributed by atoms with Crippen LogP contribution in [0, 0.1) is 13.8 Å². The van der Waals surface area contributed by atoms with E-state index in [1.54, 1.807) is 0 Å². The second-order valence-electron chi connectivity index (χ2n) is 3.28. The van der Waals surface area contributed by atoms with Gasteiger partial charge in [0, 0.05) is 27.5 Å². The summed E-state index contributed by atoms with van der Waals surface area (Å²) < 4.78 is 0. The number of hydrogen-bond donors (Lipinski definition) is 0. The predicted octanol–water partition coefficient (Wildman–Crippen LogP) is 0.850. The average Bonchev–Trinajstić information content (AvgIpc) is 2.16. The van der Waals surface area contributed by atoms with Crippen LogP contribution in [0.25, 0.3) is 0 Å². The minimum absolute atomic E-state index is 0. The van der Waals surface area contributed by atoms with E-state index in [9.17, 15) is 0 Å². The van der Waals surface area contributed by atoms with Crippen molar-refractivity contribution in [1.29, 1.82) is 0 Å². The van der Waals surface area contributed by atoms with Gasteiger partial charge < -0.3 is 12.4 Å². The molecule has 91 valence electrons. The van der Waals surface area contributed by atoms with E-state index in [1.807, 2.05) is 19.1 Å². The minimum Gasteiger partial charge on any atom is -1.00 e. The number of halogens is 1. The van der Waals surface area contributed by atoms with Crippen molar-refractivity contribution in [3.63, 3.8) is 0 Å². The number of nitrogens with zero attached hydrogens (tertiary/aromatic N) is 1. The molecular formula is C13H16ClNPt-. The Morgan fingerprint density at radius 1 is 1.25 bits per heavy atom. The zero-order valence-corrected chi connectivity index (χ0v) is 12.8. The van der Waals surface area contributed by atoms with Crippen molar-refractivity contribution in [2.45, 2.75) is 27.2 Å². The largest absolute Gasteiger partial charge is 1.00 e. The van der Waals surface area contributed by atoms with Gasteiger partial charge in [0.1, 0.15) is 0 Å². The first-order valence-corrected chi connectivity index (χ1v) is 4.86. The van der Waals surface area contributed by atoms with Gasteiger partial charge in [-0.15, -0.1) is 0 Å². The molecule has 0 aromatic heterocycles. The number of benzene rings is 1. The maximum absolute atomic E-state index is 4.34. The second kappa shape index (κ2) is 9.81. The standard InChI is InChI=1S/C13H16N.ClH.Pt/c1-4-5-6-10-14-13-11(2)8-7-9-12(13)3;;/h4-5,7-9H,6H2,1-3H3;1H;/p-1/b5-4+,14-10?;;. The molecule has 0 atom stereocenters. The van der Waals surface area contributed by atoms with Gasteiger partial charge in [0.05, 0.1) is 11.9 Å². The van der Waals surface area contributed by atoms with Crippen molar-refractivity contribution in [3.05, 3.63) is 41.5 Å². The normalized spacial score (nSPS) is 10.2. The molecule has 0 saturated carbocycles. The monoisotopic (exact) mass is 416 g/mol. The van der Waals surface area contributed by atoms with Crippen LogP contribution in [0.1, 0.15) is 24.5 Å². The Kier molecular flexibility index (Phi) is 11.0. The summed E-state index contributed by atoms with van der Waals surface area (Å²) in [5, 5.41) is 0. The van der Waals surface area contributed by atoms with Crippen LogP contribution in [0.5, 0.6) is 0 Å². The van der Waals surface area contributed by atoms with Gasteiger partial charge in [0.15, 0.2) is 0 Å². The van der Waals surface area contributed by atoms with Crippen molar-refractivity contribution in [3.8, 4) is 0 Å². The van der Waals surface area contributed by atoms with E-state index in [4.69, 9.17) is 0 Å². The van der Waals surface area contributed by atoms with Gasteiger partial charge in [-0.3, -0.25) is 4.99 Å². The van der Waals surface area contributed by atoms with Crippen LogP contribution in [-0.4, -0.2) is 6.21 Å². The number of aryl methyl sites for hydroxylation is 2. The first kappa shape index (κ1) is 18.0. The third-order valence-electron chi connectivity index (χ3n) is 2.08. The maximum Gasteiger partial charge on any atom is 0.0692 e. The Bertz CT molecular complexity index is 339. The van der Waals surface area contributed by atoms with Crippen LogP contribution >= 0.6 is 0 Å². The van der Waals surface area contributed by atoms with Gasteiger partial charge in [-0.05, 0) is 31.9 Å². The molecule has 0 heterocycles. The first-order chi connectivity index (χ1) is 6.75. The fraction of sp³-hybridized carbons (Fsp3) is 0.308. The van der Waals surface area contributed by atoms with Crippen LogP contribution in [0.2, 0.25) is 0 Å². The molecule has 1 radical (unpaired) electrons. The quantitative estimate of drug-likeness (QED) is 0.512. The average molecular weight is 417 g/mol. The molecule has 0 spiro atoms. The van der Waals surface area contributed by atoms with Crippen LogP contribution in [0.3, 0.4) is 0 Å². The fourth-order valence-electron chi connectivity index (χ4n) is 1.28. The summed E-state index contributed by atoms with van der Waals surface area (Å²) in [7, 11) is 0. The van der Waals surface area contributed by atoms with Gasteiger partial charge in [-0.1, -0.05) is 30.4 Å². The topological polar surface area (TPSA) is 12.4 Å². The molecule has 0 unspecified atom stereocenters. The van der Waals surface area contributed by atoms with Crippen LogP contribution < -0.4 is 12.4 Å². The number of rotatable bonds is 3. The molecule has 0 N–H and O–H groups in total. The number of allylic oxidation sites excluding steroid dienone is 2. The third kappa shape index (κ3) is 5.63. The molecule has 0 fully saturated rings. The molecule has 0 aliphatic rings. The van der Waals surface area contributed by atoms with Crippen LogP contribution in [0.4, 0.5) is 5.69 Å². The molecule has 16 heavy (non-hydrogen) atoms. The van der Waals surface area contributed by atoms with Gasteiger partial charge >= 0.3 is 0 Å². The Morgan fingerprint density at radius 3 is 2.31 bits per heavy atom. The molecule has 0 bridgehead atoms. The first-order valence-electron chi connectivity index (χ1n) is 4.86. The van der Waals surface area contributed by atoms with E-state index in [-0.39, 0.29) is 33.5 Å². The van der Waals surface area contributed by atoms with E-state index in [0.29, 0.717) is 0 Å². The molecule has 0 saturated heterocycles. The molecule has 1 nitrogen and oxygen atoms in total. The third-order valence-corrected chi connectivity index (χ3v) is 2.08. The summed E-state index contributed by atoms with van der Waals surface area (Å²) in [6, 6.07) is 6.20. The van der Waals surface area contributed by atoms with E-state index in [1.165, 1.54) is 11.1 Å². The van der Waals surface area contributed by atoms with Crippen LogP contribution in [-0.2, 0) is 21.1 Å². The summed E-state index contributed by atoms with van der Waals surface area (Å²) >= 11 is 0. The van der Waals surface area contributed by atoms with Crippen molar-refractivity contribution in [1.82, 2.24) is 0 Å². The van der Waals surface area contributed by atoms with Gasteiger partial charge in [-0.2, -0.15) is 0 Å². The summed E-state index contributed by atoms with van der Waals surface area (Å²) in [4.78, 5) is 4.34.